The zero-order valence-corrected chi connectivity index (χ0v) is 13.6. The molecule has 0 unspecified atom stereocenters. The van der Waals surface area contributed by atoms with Crippen LogP contribution in [-0.4, -0.2) is 25.1 Å². The molecule has 4 aromatic heterocycles. The van der Waals surface area contributed by atoms with Crippen molar-refractivity contribution in [2.75, 3.05) is 0 Å². The van der Waals surface area contributed by atoms with Crippen LogP contribution < -0.4 is 5.56 Å². The van der Waals surface area contributed by atoms with Crippen molar-refractivity contribution in [2.24, 2.45) is 4.99 Å². The molecule has 0 radical (unpaired) electrons. The van der Waals surface area contributed by atoms with E-state index in [-0.39, 0.29) is 5.56 Å². The Bertz CT molecular complexity index is 1230. The SMILES string of the molecule is O=c1ccc(C2=NC=C2c2ccc3ncc(-c4ccccn4)n3c2)c[nH]1. The molecule has 4 aromatic rings. The summed E-state index contributed by atoms with van der Waals surface area (Å²) in [7, 11) is 0. The number of nitrogens with one attached hydrogen (secondary N) is 1. The zero-order chi connectivity index (χ0) is 17.5. The van der Waals surface area contributed by atoms with Crippen molar-refractivity contribution in [3.8, 4) is 11.4 Å². The first kappa shape index (κ1) is 14.5. The summed E-state index contributed by atoms with van der Waals surface area (Å²) >= 11 is 0. The predicted octanol–water partition coefficient (Wildman–Crippen LogP) is 2.93. The van der Waals surface area contributed by atoms with E-state index >= 15 is 0 Å². The number of aliphatic imine (C=N–C) groups is 1. The van der Waals surface area contributed by atoms with Crippen molar-refractivity contribution >= 4 is 16.9 Å². The molecule has 0 amide bonds. The fraction of sp³-hybridized carbons (Fsp3) is 0. The van der Waals surface area contributed by atoms with Crippen molar-refractivity contribution in [1.29, 1.82) is 0 Å². The van der Waals surface area contributed by atoms with Gasteiger partial charge in [0.05, 0.1) is 23.3 Å². The maximum atomic E-state index is 11.3. The number of hydrogen-bond acceptors (Lipinski definition) is 4. The zero-order valence-electron chi connectivity index (χ0n) is 13.6. The molecule has 0 aromatic carbocycles. The second-order valence-corrected chi connectivity index (χ2v) is 5.97. The summed E-state index contributed by atoms with van der Waals surface area (Å²) in [5.41, 5.74) is 6.34. The molecular weight excluding hydrogens is 326 g/mol. The third-order valence-electron chi connectivity index (χ3n) is 4.38. The second kappa shape index (κ2) is 5.63. The van der Waals surface area contributed by atoms with E-state index in [4.69, 9.17) is 0 Å². The lowest BCUT2D eigenvalue weighted by molar-refractivity contribution is 1.16. The standard InChI is InChI=1S/C20H13N5O/c26-19-7-5-13(9-23-19)20-15(10-24-20)14-4-6-18-22-11-17(25(18)12-14)16-3-1-2-8-21-16/h1-12H,(H,23,26). The van der Waals surface area contributed by atoms with Gasteiger partial charge in [-0.15, -0.1) is 0 Å². The van der Waals surface area contributed by atoms with Gasteiger partial charge in [0.1, 0.15) is 5.65 Å². The minimum atomic E-state index is -0.126. The highest BCUT2D eigenvalue weighted by molar-refractivity contribution is 6.35. The van der Waals surface area contributed by atoms with E-state index in [1.807, 2.05) is 53.3 Å². The van der Waals surface area contributed by atoms with Gasteiger partial charge in [0.15, 0.2) is 0 Å². The summed E-state index contributed by atoms with van der Waals surface area (Å²) in [6.45, 7) is 0. The Balaban J connectivity index is 1.56. The van der Waals surface area contributed by atoms with E-state index in [9.17, 15) is 4.79 Å². The summed E-state index contributed by atoms with van der Waals surface area (Å²) in [5.74, 6) is 0. The molecule has 6 heteroatoms. The molecular formula is C20H13N5O. The maximum absolute atomic E-state index is 11.3. The van der Waals surface area contributed by atoms with Crippen LogP contribution in [0.2, 0.25) is 0 Å². The Kier molecular flexibility index (Phi) is 3.15. The Hall–Kier alpha value is -3.80. The highest BCUT2D eigenvalue weighted by Crippen LogP contribution is 2.28. The minimum absolute atomic E-state index is 0.126. The molecule has 0 spiro atoms. The van der Waals surface area contributed by atoms with Crippen molar-refractivity contribution in [3.05, 3.63) is 94.9 Å². The molecule has 0 atom stereocenters. The number of allylic oxidation sites excluding steroid dienone is 1. The predicted molar refractivity (Wildman–Crippen MR) is 100.0 cm³/mol. The number of nitrogens with zero attached hydrogens (tertiary/aromatic N) is 4. The summed E-state index contributed by atoms with van der Waals surface area (Å²) in [6, 6.07) is 13.1. The van der Waals surface area contributed by atoms with Crippen molar-refractivity contribution in [1.82, 2.24) is 19.4 Å². The second-order valence-electron chi connectivity index (χ2n) is 5.97. The number of pyridine rings is 3. The van der Waals surface area contributed by atoms with E-state index in [1.165, 1.54) is 6.07 Å². The summed E-state index contributed by atoms with van der Waals surface area (Å²) in [6.07, 6.45) is 9.16. The van der Waals surface area contributed by atoms with Gasteiger partial charge in [-0.3, -0.25) is 19.2 Å². The number of imidazole rings is 1. The summed E-state index contributed by atoms with van der Waals surface area (Å²) in [5, 5.41) is 0. The van der Waals surface area contributed by atoms with Gasteiger partial charge in [0, 0.05) is 47.6 Å². The van der Waals surface area contributed by atoms with Crippen LogP contribution in [-0.2, 0) is 0 Å². The van der Waals surface area contributed by atoms with Crippen LogP contribution in [0.3, 0.4) is 0 Å². The van der Waals surface area contributed by atoms with E-state index in [1.54, 1.807) is 18.5 Å². The number of hydrogen-bond donors (Lipinski definition) is 1. The lowest BCUT2D eigenvalue weighted by Gasteiger charge is -2.17. The summed E-state index contributed by atoms with van der Waals surface area (Å²) < 4.78 is 2.03. The number of fused-ring (bicyclic) bond motifs is 1. The van der Waals surface area contributed by atoms with Crippen LogP contribution in [0, 0.1) is 0 Å². The van der Waals surface area contributed by atoms with Crippen LogP contribution >= 0.6 is 0 Å². The minimum Gasteiger partial charge on any atom is -0.328 e. The van der Waals surface area contributed by atoms with E-state index < -0.39 is 0 Å². The first-order chi connectivity index (χ1) is 12.8. The van der Waals surface area contributed by atoms with Gasteiger partial charge in [-0.05, 0) is 30.3 Å². The van der Waals surface area contributed by atoms with Crippen molar-refractivity contribution in [3.63, 3.8) is 0 Å². The van der Waals surface area contributed by atoms with Gasteiger partial charge < -0.3 is 4.98 Å². The van der Waals surface area contributed by atoms with Crippen molar-refractivity contribution < 1.29 is 0 Å². The van der Waals surface area contributed by atoms with Crippen LogP contribution in [0.5, 0.6) is 0 Å². The lowest BCUT2D eigenvalue weighted by atomic mass is 9.95. The number of rotatable bonds is 3. The quantitative estimate of drug-likeness (QED) is 0.623. The third kappa shape index (κ3) is 2.28. The van der Waals surface area contributed by atoms with E-state index in [0.29, 0.717) is 0 Å². The Labute approximate surface area is 148 Å². The molecule has 0 fully saturated rings. The maximum Gasteiger partial charge on any atom is 0.247 e. The number of aromatic amines is 1. The van der Waals surface area contributed by atoms with Gasteiger partial charge in [0.2, 0.25) is 5.56 Å². The average molecular weight is 339 g/mol. The van der Waals surface area contributed by atoms with Gasteiger partial charge >= 0.3 is 0 Å². The molecule has 5 rings (SSSR count). The van der Waals surface area contributed by atoms with E-state index in [2.05, 4.69) is 19.9 Å². The summed E-state index contributed by atoms with van der Waals surface area (Å²) in [4.78, 5) is 27.2. The van der Waals surface area contributed by atoms with Crippen LogP contribution in [0.15, 0.2) is 83.2 Å². The molecule has 0 bridgehead atoms. The van der Waals surface area contributed by atoms with Crippen LogP contribution in [0.1, 0.15) is 11.1 Å². The molecule has 0 saturated heterocycles. The van der Waals surface area contributed by atoms with E-state index in [0.717, 1.165) is 39.4 Å². The van der Waals surface area contributed by atoms with Crippen molar-refractivity contribution in [2.45, 2.75) is 0 Å². The highest BCUT2D eigenvalue weighted by atomic mass is 16.1. The Morgan fingerprint density at radius 3 is 2.62 bits per heavy atom. The topological polar surface area (TPSA) is 75.4 Å². The fourth-order valence-corrected chi connectivity index (χ4v) is 3.04. The molecule has 26 heavy (non-hydrogen) atoms. The first-order valence-electron chi connectivity index (χ1n) is 8.16. The molecule has 1 aliphatic heterocycles. The molecule has 6 nitrogen and oxygen atoms in total. The number of aromatic nitrogens is 4. The number of H-pyrrole nitrogens is 1. The molecule has 1 N–H and O–H groups in total. The molecule has 124 valence electrons. The van der Waals surface area contributed by atoms with Gasteiger partial charge in [-0.25, -0.2) is 4.98 Å². The third-order valence-corrected chi connectivity index (χ3v) is 4.38. The molecule has 0 aliphatic carbocycles. The Morgan fingerprint density at radius 1 is 0.962 bits per heavy atom. The van der Waals surface area contributed by atoms with Gasteiger partial charge in [-0.2, -0.15) is 0 Å². The first-order valence-corrected chi connectivity index (χ1v) is 8.16. The van der Waals surface area contributed by atoms with Crippen LogP contribution in [0.25, 0.3) is 22.6 Å². The molecule has 5 heterocycles. The Morgan fingerprint density at radius 2 is 1.88 bits per heavy atom. The average Bonchev–Trinajstić information content (AvgIpc) is 3.07. The normalized spacial score (nSPS) is 13.2. The smallest absolute Gasteiger partial charge is 0.247 e. The molecule has 0 saturated carbocycles. The fourth-order valence-electron chi connectivity index (χ4n) is 3.04. The van der Waals surface area contributed by atoms with Crippen LogP contribution in [0.4, 0.5) is 0 Å². The monoisotopic (exact) mass is 339 g/mol. The lowest BCUT2D eigenvalue weighted by Crippen LogP contribution is -2.13. The van der Waals surface area contributed by atoms with Gasteiger partial charge in [-0.1, -0.05) is 6.07 Å². The van der Waals surface area contributed by atoms with Gasteiger partial charge in [0.25, 0.3) is 0 Å². The highest BCUT2D eigenvalue weighted by Gasteiger charge is 2.19. The molecule has 1 aliphatic rings. The largest absolute Gasteiger partial charge is 0.328 e.